The van der Waals surface area contributed by atoms with Gasteiger partial charge in [-0.05, 0) is 6.92 Å². The first-order valence-electron chi connectivity index (χ1n) is 5.35. The van der Waals surface area contributed by atoms with Gasteiger partial charge in [0.1, 0.15) is 0 Å². The summed E-state index contributed by atoms with van der Waals surface area (Å²) in [6.07, 6.45) is 0. The van der Waals surface area contributed by atoms with Crippen LogP contribution in [0, 0.1) is 0 Å². The molecule has 0 heterocycles. The quantitative estimate of drug-likeness (QED) is 0.499. The molecule has 0 radical (unpaired) electrons. The lowest BCUT2D eigenvalue weighted by molar-refractivity contribution is -0.130. The summed E-state index contributed by atoms with van der Waals surface area (Å²) in [4.78, 5) is 11.5. The van der Waals surface area contributed by atoms with Crippen molar-refractivity contribution in [3.8, 4) is 28.7 Å². The number of benzene rings is 1. The first-order chi connectivity index (χ1) is 8.96. The van der Waals surface area contributed by atoms with Crippen molar-refractivity contribution < 1.29 is 28.8 Å². The third kappa shape index (κ3) is 2.90. The van der Waals surface area contributed by atoms with Crippen molar-refractivity contribution in [2.75, 3.05) is 21.3 Å². The topological polar surface area (TPSA) is 74.2 Å². The summed E-state index contributed by atoms with van der Waals surface area (Å²) in [6, 6.07) is 1.33. The van der Waals surface area contributed by atoms with Gasteiger partial charge in [0.05, 0.1) is 21.3 Å². The zero-order valence-corrected chi connectivity index (χ0v) is 11.3. The highest BCUT2D eigenvalue weighted by atomic mass is 16.6. The van der Waals surface area contributed by atoms with Crippen molar-refractivity contribution in [2.24, 2.45) is 0 Å². The Morgan fingerprint density at radius 2 is 1.68 bits per heavy atom. The highest BCUT2D eigenvalue weighted by Crippen LogP contribution is 2.49. The summed E-state index contributed by atoms with van der Waals surface area (Å²) in [5.41, 5.74) is 0.230. The zero-order valence-electron chi connectivity index (χ0n) is 11.3. The largest absolute Gasteiger partial charge is 0.502 e. The minimum Gasteiger partial charge on any atom is -0.502 e. The predicted molar refractivity (Wildman–Crippen MR) is 68.2 cm³/mol. The summed E-state index contributed by atoms with van der Waals surface area (Å²) in [6.45, 7) is 5.00. The summed E-state index contributed by atoms with van der Waals surface area (Å²) < 4.78 is 20.2. The third-order valence-corrected chi connectivity index (χ3v) is 2.32. The number of phenols is 1. The number of carbonyl (C=O) groups excluding carboxylic acids is 1. The number of methoxy groups -OCH3 is 3. The van der Waals surface area contributed by atoms with Gasteiger partial charge in [-0.1, -0.05) is 6.58 Å². The van der Waals surface area contributed by atoms with Crippen molar-refractivity contribution >= 4 is 5.97 Å². The van der Waals surface area contributed by atoms with Crippen LogP contribution in [-0.2, 0) is 4.79 Å². The van der Waals surface area contributed by atoms with Crippen molar-refractivity contribution in [1.29, 1.82) is 0 Å². The molecule has 6 heteroatoms. The van der Waals surface area contributed by atoms with E-state index in [4.69, 9.17) is 18.9 Å². The molecule has 0 amide bonds. The lowest BCUT2D eigenvalue weighted by Crippen LogP contribution is -2.09. The van der Waals surface area contributed by atoms with E-state index < -0.39 is 5.97 Å². The van der Waals surface area contributed by atoms with Gasteiger partial charge in [-0.25, -0.2) is 4.79 Å². The van der Waals surface area contributed by atoms with Gasteiger partial charge in [0.2, 0.25) is 17.2 Å². The Labute approximate surface area is 111 Å². The minimum atomic E-state index is -0.618. The van der Waals surface area contributed by atoms with Crippen LogP contribution in [0.2, 0.25) is 0 Å². The van der Waals surface area contributed by atoms with Crippen LogP contribution >= 0.6 is 0 Å². The van der Waals surface area contributed by atoms with E-state index in [0.29, 0.717) is 0 Å². The van der Waals surface area contributed by atoms with Gasteiger partial charge in [0.25, 0.3) is 0 Å². The van der Waals surface area contributed by atoms with Crippen LogP contribution in [-0.4, -0.2) is 32.4 Å². The van der Waals surface area contributed by atoms with E-state index in [1.165, 1.54) is 34.3 Å². The molecule has 0 fully saturated rings. The Morgan fingerprint density at radius 3 is 2.11 bits per heavy atom. The standard InChI is InChI=1S/C13H16O6/c1-7(2)13(15)19-9-6-8(16-3)10(14)12(18-5)11(9)17-4/h6,14H,1H2,2-5H3. The first kappa shape index (κ1) is 14.7. The summed E-state index contributed by atoms with van der Waals surface area (Å²) >= 11 is 0. The minimum absolute atomic E-state index is 0.0198. The molecular formula is C13H16O6. The number of hydrogen-bond acceptors (Lipinski definition) is 6. The van der Waals surface area contributed by atoms with Crippen LogP contribution in [0.1, 0.15) is 6.92 Å². The molecule has 6 nitrogen and oxygen atoms in total. The molecule has 0 aliphatic carbocycles. The summed E-state index contributed by atoms with van der Waals surface area (Å²) in [5, 5.41) is 9.88. The molecule has 0 aliphatic rings. The second-order valence-corrected chi connectivity index (χ2v) is 3.66. The number of esters is 1. The van der Waals surface area contributed by atoms with Gasteiger partial charge in [0.15, 0.2) is 11.5 Å². The van der Waals surface area contributed by atoms with Crippen LogP contribution in [0.25, 0.3) is 0 Å². The van der Waals surface area contributed by atoms with E-state index >= 15 is 0 Å². The smallest absolute Gasteiger partial charge is 0.338 e. The Morgan fingerprint density at radius 1 is 1.11 bits per heavy atom. The fourth-order valence-corrected chi connectivity index (χ4v) is 1.39. The highest BCUT2D eigenvalue weighted by molar-refractivity contribution is 5.89. The van der Waals surface area contributed by atoms with Crippen molar-refractivity contribution in [2.45, 2.75) is 6.92 Å². The van der Waals surface area contributed by atoms with Crippen molar-refractivity contribution in [3.05, 3.63) is 18.2 Å². The van der Waals surface area contributed by atoms with Crippen LogP contribution in [0.5, 0.6) is 28.7 Å². The second-order valence-electron chi connectivity index (χ2n) is 3.66. The van der Waals surface area contributed by atoms with E-state index in [9.17, 15) is 9.90 Å². The van der Waals surface area contributed by atoms with Gasteiger partial charge in [-0.3, -0.25) is 0 Å². The molecule has 104 valence electrons. The maximum atomic E-state index is 11.5. The Balaban J connectivity index is 3.36. The second kappa shape index (κ2) is 5.99. The molecule has 0 aliphatic heterocycles. The van der Waals surface area contributed by atoms with E-state index in [-0.39, 0.29) is 34.3 Å². The normalized spacial score (nSPS) is 9.68. The van der Waals surface area contributed by atoms with Gasteiger partial charge in [-0.2, -0.15) is 0 Å². The van der Waals surface area contributed by atoms with E-state index in [1.807, 2.05) is 0 Å². The zero-order chi connectivity index (χ0) is 14.6. The lowest BCUT2D eigenvalue weighted by atomic mass is 10.2. The van der Waals surface area contributed by atoms with Gasteiger partial charge >= 0.3 is 5.97 Å². The molecule has 0 unspecified atom stereocenters. The van der Waals surface area contributed by atoms with E-state index in [0.717, 1.165) is 0 Å². The maximum absolute atomic E-state index is 11.5. The molecule has 0 bridgehead atoms. The fraction of sp³-hybridized carbons (Fsp3) is 0.308. The number of phenolic OH excluding ortho intramolecular Hbond substituents is 1. The van der Waals surface area contributed by atoms with E-state index in [1.54, 1.807) is 0 Å². The molecule has 0 aromatic heterocycles. The Hall–Kier alpha value is -2.37. The van der Waals surface area contributed by atoms with E-state index in [2.05, 4.69) is 6.58 Å². The number of hydrogen-bond donors (Lipinski definition) is 1. The molecule has 1 aromatic carbocycles. The van der Waals surface area contributed by atoms with Crippen LogP contribution in [0.4, 0.5) is 0 Å². The summed E-state index contributed by atoms with van der Waals surface area (Å²) in [5.74, 6) is -0.573. The molecule has 1 rings (SSSR count). The third-order valence-electron chi connectivity index (χ3n) is 2.32. The number of aromatic hydroxyl groups is 1. The molecule has 19 heavy (non-hydrogen) atoms. The molecule has 0 saturated heterocycles. The van der Waals surface area contributed by atoms with Gasteiger partial charge < -0.3 is 24.1 Å². The average Bonchev–Trinajstić information content (AvgIpc) is 2.39. The predicted octanol–water partition coefficient (Wildman–Crippen LogP) is 1.90. The first-order valence-corrected chi connectivity index (χ1v) is 5.35. The van der Waals surface area contributed by atoms with Crippen molar-refractivity contribution in [1.82, 2.24) is 0 Å². The Kier molecular flexibility index (Phi) is 4.63. The molecule has 1 N–H and O–H groups in total. The molecule has 0 atom stereocenters. The summed E-state index contributed by atoms with van der Waals surface area (Å²) in [7, 11) is 4.08. The van der Waals surface area contributed by atoms with Gasteiger partial charge in [0, 0.05) is 11.6 Å². The maximum Gasteiger partial charge on any atom is 0.338 e. The van der Waals surface area contributed by atoms with Crippen LogP contribution in [0.3, 0.4) is 0 Å². The average molecular weight is 268 g/mol. The molecular weight excluding hydrogens is 252 g/mol. The van der Waals surface area contributed by atoms with Crippen molar-refractivity contribution in [3.63, 3.8) is 0 Å². The van der Waals surface area contributed by atoms with Crippen LogP contribution < -0.4 is 18.9 Å². The monoisotopic (exact) mass is 268 g/mol. The molecule has 1 aromatic rings. The Bertz CT molecular complexity index is 506. The number of carbonyl (C=O) groups is 1. The lowest BCUT2D eigenvalue weighted by Gasteiger charge is -2.16. The van der Waals surface area contributed by atoms with Crippen LogP contribution in [0.15, 0.2) is 18.2 Å². The number of rotatable bonds is 5. The van der Waals surface area contributed by atoms with Gasteiger partial charge in [-0.15, -0.1) is 0 Å². The molecule has 0 saturated carbocycles. The highest BCUT2D eigenvalue weighted by Gasteiger charge is 2.23. The number of ether oxygens (including phenoxy) is 4. The fourth-order valence-electron chi connectivity index (χ4n) is 1.39. The molecule has 0 spiro atoms. The SMILES string of the molecule is C=C(C)C(=O)Oc1cc(OC)c(O)c(OC)c1OC.